The summed E-state index contributed by atoms with van der Waals surface area (Å²) in [5.41, 5.74) is 12.4. The number of thiophene rings is 1. The van der Waals surface area contributed by atoms with E-state index in [0.717, 1.165) is 59.6 Å². The van der Waals surface area contributed by atoms with Crippen LogP contribution < -0.4 is 0 Å². The van der Waals surface area contributed by atoms with Crippen molar-refractivity contribution in [3.63, 3.8) is 0 Å². The minimum atomic E-state index is -0.491. The monoisotopic (exact) mass is 822 g/mol. The Balaban J connectivity index is 0.980. The number of nitrogens with zero attached hydrogens (tertiary/aromatic N) is 4. The number of oxazole rings is 1. The molecule has 3 aromatic heterocycles. The van der Waals surface area contributed by atoms with E-state index < -0.39 is 5.41 Å². The minimum Gasteiger partial charge on any atom is -0.435 e. The van der Waals surface area contributed by atoms with Gasteiger partial charge in [-0.05, 0) is 80.6 Å². The minimum absolute atomic E-state index is 0.491. The lowest BCUT2D eigenvalue weighted by Crippen LogP contribution is -2.28. The summed E-state index contributed by atoms with van der Waals surface area (Å²) in [7, 11) is 0. The van der Waals surface area contributed by atoms with Crippen molar-refractivity contribution in [2.24, 2.45) is 0 Å². The summed E-state index contributed by atoms with van der Waals surface area (Å²) in [6.07, 6.45) is 0. The quantitative estimate of drug-likeness (QED) is 0.167. The maximum atomic E-state index is 6.60. The first-order valence-electron chi connectivity index (χ1n) is 21.1. The molecule has 0 spiro atoms. The van der Waals surface area contributed by atoms with E-state index in [1.54, 1.807) is 11.3 Å². The van der Waals surface area contributed by atoms with Gasteiger partial charge in [0, 0.05) is 42.4 Å². The molecule has 3 heterocycles. The zero-order valence-corrected chi connectivity index (χ0v) is 34.6. The van der Waals surface area contributed by atoms with Crippen LogP contribution in [0, 0.1) is 0 Å². The third-order valence-electron chi connectivity index (χ3n) is 12.7. The average Bonchev–Trinajstić information content (AvgIpc) is 4.06. The second-order valence-corrected chi connectivity index (χ2v) is 17.2. The van der Waals surface area contributed by atoms with Gasteiger partial charge in [0.05, 0.1) is 5.41 Å². The van der Waals surface area contributed by atoms with Gasteiger partial charge in [-0.3, -0.25) is 0 Å². The molecular weight excluding hydrogens is 789 g/mol. The van der Waals surface area contributed by atoms with Gasteiger partial charge in [0.25, 0.3) is 0 Å². The largest absolute Gasteiger partial charge is 0.435 e. The van der Waals surface area contributed by atoms with Crippen molar-refractivity contribution in [1.29, 1.82) is 0 Å². The molecule has 0 fully saturated rings. The molecule has 12 aromatic rings. The smallest absolute Gasteiger partial charge is 0.227 e. The lowest BCUT2D eigenvalue weighted by molar-refractivity contribution is 0.623. The van der Waals surface area contributed by atoms with Gasteiger partial charge >= 0.3 is 0 Å². The average molecular weight is 823 g/mol. The first-order valence-corrected chi connectivity index (χ1v) is 21.9. The molecular formula is C57H34N4OS. The fourth-order valence-corrected chi connectivity index (χ4v) is 11.0. The molecule has 0 radical (unpaired) electrons. The van der Waals surface area contributed by atoms with E-state index in [-0.39, 0.29) is 0 Å². The van der Waals surface area contributed by atoms with E-state index in [1.807, 2.05) is 48.5 Å². The van der Waals surface area contributed by atoms with E-state index in [9.17, 15) is 0 Å². The van der Waals surface area contributed by atoms with Crippen LogP contribution in [-0.4, -0.2) is 19.9 Å². The molecule has 0 unspecified atom stereocenters. The van der Waals surface area contributed by atoms with Crippen LogP contribution in [0.15, 0.2) is 211 Å². The number of aromatic nitrogens is 4. The van der Waals surface area contributed by atoms with Crippen LogP contribution in [0.5, 0.6) is 0 Å². The summed E-state index contributed by atoms with van der Waals surface area (Å²) < 4.78 is 8.93. The predicted octanol–water partition coefficient (Wildman–Crippen LogP) is 14.6. The summed E-state index contributed by atoms with van der Waals surface area (Å²) in [6.45, 7) is 0. The molecule has 0 atom stereocenters. The fraction of sp³-hybridized carbons (Fsp3) is 0.0175. The van der Waals surface area contributed by atoms with Crippen LogP contribution in [0.2, 0.25) is 0 Å². The molecule has 294 valence electrons. The van der Waals surface area contributed by atoms with Crippen molar-refractivity contribution >= 4 is 53.4 Å². The van der Waals surface area contributed by atoms with Gasteiger partial charge < -0.3 is 4.42 Å². The fourth-order valence-electron chi connectivity index (χ4n) is 9.83. The summed E-state index contributed by atoms with van der Waals surface area (Å²) in [6, 6.07) is 72.8. The van der Waals surface area contributed by atoms with Gasteiger partial charge in [0.15, 0.2) is 23.1 Å². The van der Waals surface area contributed by atoms with Crippen molar-refractivity contribution in [3.8, 4) is 56.7 Å². The Morgan fingerprint density at radius 3 is 1.59 bits per heavy atom. The summed E-state index contributed by atoms with van der Waals surface area (Å²) in [5.74, 6) is 2.46. The molecule has 0 N–H and O–H groups in total. The Bertz CT molecular complexity index is 3680. The van der Waals surface area contributed by atoms with Gasteiger partial charge in [-0.2, -0.15) is 0 Å². The van der Waals surface area contributed by atoms with Gasteiger partial charge in [0.2, 0.25) is 5.89 Å². The van der Waals surface area contributed by atoms with E-state index in [2.05, 4.69) is 158 Å². The Morgan fingerprint density at radius 1 is 0.397 bits per heavy atom. The molecule has 0 bridgehead atoms. The first-order chi connectivity index (χ1) is 31.2. The van der Waals surface area contributed by atoms with Crippen LogP contribution in [-0.2, 0) is 5.41 Å². The van der Waals surface area contributed by atoms with Crippen LogP contribution >= 0.6 is 11.3 Å². The lowest BCUT2D eigenvalue weighted by Gasteiger charge is -2.34. The van der Waals surface area contributed by atoms with E-state index >= 15 is 0 Å². The maximum Gasteiger partial charge on any atom is 0.227 e. The summed E-state index contributed by atoms with van der Waals surface area (Å²) in [5, 5.41) is 4.46. The SMILES string of the molecule is c1ccc(-c2nc(-c3ccc(C4(c5ccccc5)c5ccccc5-c5ccccc54)cc3)nc(-c3ccc4ccc5sc6ccc7nc(-c8ccccc8)oc7c6c5c4c3)n2)cc1. The second-order valence-electron chi connectivity index (χ2n) is 16.1. The van der Waals surface area contributed by atoms with Crippen molar-refractivity contribution in [2.45, 2.75) is 5.41 Å². The highest BCUT2D eigenvalue weighted by molar-refractivity contribution is 7.26. The number of rotatable bonds is 6. The number of benzene rings is 9. The number of hydrogen-bond acceptors (Lipinski definition) is 6. The zero-order chi connectivity index (χ0) is 41.5. The van der Waals surface area contributed by atoms with Gasteiger partial charge in [0.1, 0.15) is 5.52 Å². The van der Waals surface area contributed by atoms with Gasteiger partial charge in [-0.25, -0.2) is 19.9 Å². The van der Waals surface area contributed by atoms with Crippen molar-refractivity contribution in [2.75, 3.05) is 0 Å². The van der Waals surface area contributed by atoms with Gasteiger partial charge in [-0.15, -0.1) is 11.3 Å². The van der Waals surface area contributed by atoms with Crippen molar-refractivity contribution in [3.05, 3.63) is 229 Å². The molecule has 63 heavy (non-hydrogen) atoms. The third-order valence-corrected chi connectivity index (χ3v) is 13.8. The van der Waals surface area contributed by atoms with Crippen molar-refractivity contribution < 1.29 is 4.42 Å². The van der Waals surface area contributed by atoms with E-state index in [4.69, 9.17) is 24.4 Å². The van der Waals surface area contributed by atoms with Crippen LogP contribution in [0.3, 0.4) is 0 Å². The van der Waals surface area contributed by atoms with E-state index in [0.29, 0.717) is 23.4 Å². The molecule has 1 aliphatic carbocycles. The van der Waals surface area contributed by atoms with Crippen LogP contribution in [0.1, 0.15) is 22.3 Å². The molecule has 0 aliphatic heterocycles. The Kier molecular flexibility index (Phi) is 7.92. The highest BCUT2D eigenvalue weighted by Gasteiger charge is 2.45. The zero-order valence-electron chi connectivity index (χ0n) is 33.7. The molecule has 1 aliphatic rings. The molecule has 9 aromatic carbocycles. The summed E-state index contributed by atoms with van der Waals surface area (Å²) >= 11 is 1.77. The van der Waals surface area contributed by atoms with E-state index in [1.165, 1.54) is 38.1 Å². The van der Waals surface area contributed by atoms with Crippen molar-refractivity contribution in [1.82, 2.24) is 19.9 Å². The Labute approximate surface area is 366 Å². The summed E-state index contributed by atoms with van der Waals surface area (Å²) in [4.78, 5) is 20.5. The topological polar surface area (TPSA) is 64.7 Å². The number of hydrogen-bond donors (Lipinski definition) is 0. The standard InChI is InChI=1S/C57H34N4OS/c1-4-14-36(15-5-1)53-59-54(37-26-29-41(30-27-37)57(40-18-8-3-9-19-40)45-22-12-10-20-42(45)43-21-11-13-23-46(43)57)61-55(60-53)39-25-24-35-28-32-48-50(44(35)34-39)51-49(63-48)33-31-47-52(51)62-56(58-47)38-16-6-2-7-17-38/h1-34H. The molecule has 0 amide bonds. The van der Waals surface area contributed by atoms with Crippen LogP contribution in [0.25, 0.3) is 98.8 Å². The normalized spacial score (nSPS) is 12.9. The third kappa shape index (κ3) is 5.48. The predicted molar refractivity (Wildman–Crippen MR) is 257 cm³/mol. The molecule has 0 saturated heterocycles. The molecule has 5 nitrogen and oxygen atoms in total. The highest BCUT2D eigenvalue weighted by Crippen LogP contribution is 2.56. The highest BCUT2D eigenvalue weighted by atomic mass is 32.1. The van der Waals surface area contributed by atoms with Crippen LogP contribution in [0.4, 0.5) is 0 Å². The maximum absolute atomic E-state index is 6.60. The number of fused-ring (bicyclic) bond motifs is 10. The Morgan fingerprint density at radius 2 is 0.905 bits per heavy atom. The lowest BCUT2D eigenvalue weighted by atomic mass is 9.67. The van der Waals surface area contributed by atoms with Gasteiger partial charge in [-0.1, -0.05) is 170 Å². The molecule has 6 heteroatoms. The first kappa shape index (κ1) is 35.7. The Hall–Kier alpha value is -8.06. The molecule has 13 rings (SSSR count). The molecule has 0 saturated carbocycles. The second kappa shape index (κ2) is 14.0.